The van der Waals surface area contributed by atoms with E-state index < -0.39 is 0 Å². The summed E-state index contributed by atoms with van der Waals surface area (Å²) in [5, 5.41) is 0. The monoisotopic (exact) mass is 118 g/mol. The van der Waals surface area contributed by atoms with Gasteiger partial charge in [0, 0.05) is 5.92 Å². The van der Waals surface area contributed by atoms with Crippen LogP contribution in [0.15, 0.2) is 17.7 Å². The third-order valence-corrected chi connectivity index (χ3v) is 2.47. The molecule has 0 aromatic carbocycles. The van der Waals surface area contributed by atoms with Gasteiger partial charge < -0.3 is 0 Å². The van der Waals surface area contributed by atoms with Crippen molar-refractivity contribution in [1.29, 1.82) is 0 Å². The second-order valence-electron chi connectivity index (χ2n) is 3.28. The molecule has 0 spiro atoms. The van der Waals surface area contributed by atoms with Crippen molar-refractivity contribution in [2.75, 3.05) is 0 Å². The Morgan fingerprint density at radius 3 is 2.56 bits per heavy atom. The van der Waals surface area contributed by atoms with Crippen molar-refractivity contribution in [3.8, 4) is 0 Å². The fourth-order valence-corrected chi connectivity index (χ4v) is 1.46. The predicted octanol–water partition coefficient (Wildman–Crippen LogP) is 2.29. The molecule has 2 bridgehead atoms. The third kappa shape index (κ3) is 0.487. The molecule has 46 valence electrons. The number of rotatable bonds is 0. The van der Waals surface area contributed by atoms with Crippen molar-refractivity contribution < 1.29 is 0 Å². The maximum Gasteiger partial charge on any atom is 0.0114 e. The molecular formula is C9H10. The average Bonchev–Trinajstić information content (AvgIpc) is 1.89. The Kier molecular flexibility index (Phi) is 0.769. The lowest BCUT2D eigenvalue weighted by atomic mass is 9.57. The van der Waals surface area contributed by atoms with E-state index in [-0.39, 0.29) is 0 Å². The van der Waals surface area contributed by atoms with E-state index in [1.807, 2.05) is 6.08 Å². The molecule has 0 aromatic rings. The van der Waals surface area contributed by atoms with Crippen LogP contribution in [-0.2, 0) is 0 Å². The van der Waals surface area contributed by atoms with E-state index in [2.05, 4.69) is 26.0 Å². The van der Waals surface area contributed by atoms with Crippen LogP contribution in [0.4, 0.5) is 0 Å². The zero-order valence-electron chi connectivity index (χ0n) is 5.86. The van der Waals surface area contributed by atoms with Crippen LogP contribution in [0.1, 0.15) is 20.3 Å². The molecule has 3 rings (SSSR count). The average molecular weight is 118 g/mol. The Bertz CT molecular complexity index is 194. The van der Waals surface area contributed by atoms with Crippen molar-refractivity contribution in [3.05, 3.63) is 29.7 Å². The van der Waals surface area contributed by atoms with Gasteiger partial charge in [0.15, 0.2) is 0 Å². The summed E-state index contributed by atoms with van der Waals surface area (Å²) in [5.74, 6) is 1.57. The van der Waals surface area contributed by atoms with Gasteiger partial charge in [0.25, 0.3) is 0 Å². The summed E-state index contributed by atoms with van der Waals surface area (Å²) in [6, 6.07) is 0. The molecule has 0 unspecified atom stereocenters. The fraction of sp³-hybridized carbons (Fsp3) is 0.444. The van der Waals surface area contributed by atoms with Crippen LogP contribution in [0.2, 0.25) is 0 Å². The molecule has 9 heavy (non-hydrogen) atoms. The van der Waals surface area contributed by atoms with Crippen LogP contribution in [0.3, 0.4) is 0 Å². The molecular weight excluding hydrogens is 108 g/mol. The first kappa shape index (κ1) is 5.28. The molecule has 3 aliphatic carbocycles. The molecule has 0 heteroatoms. The smallest absolute Gasteiger partial charge is 0.0114 e. The van der Waals surface area contributed by atoms with Crippen LogP contribution in [0, 0.1) is 17.4 Å². The summed E-state index contributed by atoms with van der Waals surface area (Å²) in [6.45, 7) is 4.52. The zero-order chi connectivity index (χ0) is 6.48. The Labute approximate surface area is 56.3 Å². The molecule has 0 amide bonds. The minimum atomic E-state index is 0.370. The fourth-order valence-electron chi connectivity index (χ4n) is 1.46. The molecule has 0 heterocycles. The molecule has 0 aliphatic heterocycles. The van der Waals surface area contributed by atoms with Crippen molar-refractivity contribution in [1.82, 2.24) is 0 Å². The molecule has 0 saturated heterocycles. The van der Waals surface area contributed by atoms with E-state index in [4.69, 9.17) is 0 Å². The summed E-state index contributed by atoms with van der Waals surface area (Å²) in [7, 11) is 0. The van der Waals surface area contributed by atoms with Gasteiger partial charge in [-0.15, -0.1) is 0 Å². The van der Waals surface area contributed by atoms with Crippen molar-refractivity contribution in [3.63, 3.8) is 0 Å². The van der Waals surface area contributed by atoms with Gasteiger partial charge in [-0.1, -0.05) is 31.6 Å². The Morgan fingerprint density at radius 1 is 1.56 bits per heavy atom. The van der Waals surface area contributed by atoms with Gasteiger partial charge in [0.05, 0.1) is 0 Å². The topological polar surface area (TPSA) is 0 Å². The van der Waals surface area contributed by atoms with Crippen LogP contribution in [-0.4, -0.2) is 0 Å². The molecule has 1 fully saturated rings. The Hall–Kier alpha value is -0.520. The van der Waals surface area contributed by atoms with Gasteiger partial charge in [0.1, 0.15) is 0 Å². The van der Waals surface area contributed by atoms with E-state index >= 15 is 0 Å². The minimum Gasteiger partial charge on any atom is -0.0756 e. The van der Waals surface area contributed by atoms with Crippen molar-refractivity contribution >= 4 is 0 Å². The van der Waals surface area contributed by atoms with Gasteiger partial charge in [-0.2, -0.15) is 0 Å². The second kappa shape index (κ2) is 1.31. The third-order valence-electron chi connectivity index (χ3n) is 2.47. The number of hydrogen-bond donors (Lipinski definition) is 0. The molecule has 0 nitrogen and oxygen atoms in total. The van der Waals surface area contributed by atoms with Gasteiger partial charge in [0.2, 0.25) is 0 Å². The molecule has 0 aromatic heterocycles. The van der Waals surface area contributed by atoms with Crippen LogP contribution >= 0.6 is 0 Å². The van der Waals surface area contributed by atoms with E-state index in [1.165, 1.54) is 12.0 Å². The highest BCUT2D eigenvalue weighted by Crippen LogP contribution is 2.54. The summed E-state index contributed by atoms with van der Waals surface area (Å²) in [6.07, 6.45) is 8.65. The van der Waals surface area contributed by atoms with Gasteiger partial charge in [-0.25, -0.2) is 0 Å². The zero-order valence-corrected chi connectivity index (χ0v) is 5.86. The summed E-state index contributed by atoms with van der Waals surface area (Å²) < 4.78 is 0. The van der Waals surface area contributed by atoms with E-state index in [0.717, 1.165) is 0 Å². The Morgan fingerprint density at radius 2 is 2.33 bits per heavy atom. The first-order chi connectivity index (χ1) is 4.21. The maximum atomic E-state index is 3.25. The van der Waals surface area contributed by atoms with Crippen LogP contribution in [0.25, 0.3) is 0 Å². The SMILES string of the molecule is CC1(C)[C]2C=C[C]=C1C2. The standard InChI is InChI=1S/C9H10/c1-9(2)7-4-3-5-8(9)6-7/h3-4H,6H2,1-2H3. The van der Waals surface area contributed by atoms with Crippen molar-refractivity contribution in [2.45, 2.75) is 20.3 Å². The number of allylic oxidation sites excluding steroid dienone is 4. The highest BCUT2D eigenvalue weighted by Gasteiger charge is 2.43. The number of hydrogen-bond acceptors (Lipinski definition) is 0. The van der Waals surface area contributed by atoms with Crippen LogP contribution in [0.5, 0.6) is 0 Å². The molecule has 2 radical (unpaired) electrons. The molecule has 0 N–H and O–H groups in total. The first-order valence-corrected chi connectivity index (χ1v) is 3.37. The minimum absolute atomic E-state index is 0.370. The van der Waals surface area contributed by atoms with Crippen molar-refractivity contribution in [2.24, 2.45) is 5.41 Å². The lowest BCUT2D eigenvalue weighted by Gasteiger charge is -2.47. The normalized spacial score (nSPS) is 29.3. The van der Waals surface area contributed by atoms with Gasteiger partial charge in [-0.3, -0.25) is 0 Å². The quantitative estimate of drug-likeness (QED) is 0.458. The van der Waals surface area contributed by atoms with Gasteiger partial charge >= 0.3 is 0 Å². The van der Waals surface area contributed by atoms with E-state index in [1.54, 1.807) is 5.92 Å². The second-order valence-corrected chi connectivity index (χ2v) is 3.28. The predicted molar refractivity (Wildman–Crippen MR) is 37.5 cm³/mol. The highest BCUT2D eigenvalue weighted by molar-refractivity contribution is 5.47. The number of fused-ring (bicyclic) bond motifs is 1. The van der Waals surface area contributed by atoms with E-state index in [9.17, 15) is 0 Å². The maximum absolute atomic E-state index is 3.25. The largest absolute Gasteiger partial charge is 0.0756 e. The highest BCUT2D eigenvalue weighted by atomic mass is 14.5. The summed E-state index contributed by atoms with van der Waals surface area (Å²) in [4.78, 5) is 0. The molecule has 1 saturated carbocycles. The summed E-state index contributed by atoms with van der Waals surface area (Å²) >= 11 is 0. The first-order valence-electron chi connectivity index (χ1n) is 3.37. The van der Waals surface area contributed by atoms with Gasteiger partial charge in [-0.05, 0) is 17.9 Å². The Balaban J connectivity index is 2.39. The van der Waals surface area contributed by atoms with Crippen LogP contribution < -0.4 is 0 Å². The lowest BCUT2D eigenvalue weighted by Crippen LogP contribution is -2.36. The summed E-state index contributed by atoms with van der Waals surface area (Å²) in [5.41, 5.74) is 1.84. The lowest BCUT2D eigenvalue weighted by molar-refractivity contribution is 0.369. The molecule has 3 aliphatic rings. The molecule has 0 atom stereocenters. The van der Waals surface area contributed by atoms with E-state index in [0.29, 0.717) is 5.41 Å².